The van der Waals surface area contributed by atoms with E-state index in [9.17, 15) is 9.18 Å². The molecule has 0 aliphatic heterocycles. The van der Waals surface area contributed by atoms with Crippen LogP contribution in [-0.2, 0) is 16.0 Å². The predicted molar refractivity (Wildman–Crippen MR) is 84.7 cm³/mol. The Morgan fingerprint density at radius 3 is 2.83 bits per heavy atom. The summed E-state index contributed by atoms with van der Waals surface area (Å²) >= 11 is 6.28. The van der Waals surface area contributed by atoms with Crippen LogP contribution in [0, 0.1) is 5.82 Å². The summed E-state index contributed by atoms with van der Waals surface area (Å²) in [7, 11) is 1.47. The summed E-state index contributed by atoms with van der Waals surface area (Å²) in [6.07, 6.45) is 2.89. The molecule has 0 unspecified atom stereocenters. The maximum absolute atomic E-state index is 13.8. The number of ether oxygens (including phenoxy) is 2. The second kappa shape index (κ2) is 7.78. The van der Waals surface area contributed by atoms with Crippen molar-refractivity contribution in [1.82, 2.24) is 9.78 Å². The SMILES string of the molecule is CCOC(=O)c1nn(Cc2ccccc2F)c(Cl)c1/C=C/OC. The lowest BCUT2D eigenvalue weighted by Crippen LogP contribution is -2.09. The van der Waals surface area contributed by atoms with E-state index in [2.05, 4.69) is 5.10 Å². The second-order valence-corrected chi connectivity index (χ2v) is 4.92. The van der Waals surface area contributed by atoms with Crippen LogP contribution in [0.3, 0.4) is 0 Å². The molecule has 0 atom stereocenters. The molecule has 1 heterocycles. The van der Waals surface area contributed by atoms with Crippen LogP contribution in [0.1, 0.15) is 28.5 Å². The molecule has 0 amide bonds. The fourth-order valence-electron chi connectivity index (χ4n) is 1.98. The number of carbonyl (C=O) groups is 1. The van der Waals surface area contributed by atoms with Crippen LogP contribution < -0.4 is 0 Å². The quantitative estimate of drug-likeness (QED) is 0.597. The van der Waals surface area contributed by atoms with Crippen molar-refractivity contribution in [3.8, 4) is 0 Å². The van der Waals surface area contributed by atoms with E-state index < -0.39 is 5.97 Å². The van der Waals surface area contributed by atoms with Crippen molar-refractivity contribution in [1.29, 1.82) is 0 Å². The fraction of sp³-hybridized carbons (Fsp3) is 0.250. The summed E-state index contributed by atoms with van der Waals surface area (Å²) < 4.78 is 25.0. The number of aromatic nitrogens is 2. The summed E-state index contributed by atoms with van der Waals surface area (Å²) in [6.45, 7) is 2.00. The number of hydrogen-bond donors (Lipinski definition) is 0. The van der Waals surface area contributed by atoms with Gasteiger partial charge in [0.15, 0.2) is 5.69 Å². The van der Waals surface area contributed by atoms with Gasteiger partial charge in [-0.15, -0.1) is 0 Å². The summed E-state index contributed by atoms with van der Waals surface area (Å²) in [6, 6.07) is 6.29. The standard InChI is InChI=1S/C16H16ClFN2O3/c1-3-23-16(21)14-12(8-9-22-2)15(17)20(19-14)10-11-6-4-5-7-13(11)18/h4-9H,3,10H2,1-2H3/b9-8+. The molecule has 122 valence electrons. The molecule has 5 nitrogen and oxygen atoms in total. The predicted octanol–water partition coefficient (Wildman–Crippen LogP) is 3.52. The summed E-state index contributed by atoms with van der Waals surface area (Å²) in [5, 5.41) is 4.35. The van der Waals surface area contributed by atoms with Gasteiger partial charge >= 0.3 is 5.97 Å². The molecule has 23 heavy (non-hydrogen) atoms. The van der Waals surface area contributed by atoms with Crippen molar-refractivity contribution in [3.63, 3.8) is 0 Å². The van der Waals surface area contributed by atoms with E-state index in [1.165, 1.54) is 30.2 Å². The average Bonchev–Trinajstić information content (AvgIpc) is 2.84. The monoisotopic (exact) mass is 338 g/mol. The first-order valence-corrected chi connectivity index (χ1v) is 7.32. The van der Waals surface area contributed by atoms with Crippen LogP contribution >= 0.6 is 11.6 Å². The van der Waals surface area contributed by atoms with Crippen molar-refractivity contribution in [2.24, 2.45) is 0 Å². The molecule has 0 radical (unpaired) electrons. The Labute approximate surface area is 138 Å². The number of rotatable bonds is 6. The van der Waals surface area contributed by atoms with Crippen LogP contribution in [0.15, 0.2) is 30.5 Å². The second-order valence-electron chi connectivity index (χ2n) is 4.56. The Morgan fingerprint density at radius 2 is 2.17 bits per heavy atom. The van der Waals surface area contributed by atoms with Gasteiger partial charge in [-0.1, -0.05) is 29.8 Å². The van der Waals surface area contributed by atoms with Crippen LogP contribution in [0.2, 0.25) is 5.15 Å². The summed E-state index contributed by atoms with van der Waals surface area (Å²) in [5.74, 6) is -0.969. The molecule has 0 bridgehead atoms. The third-order valence-corrected chi connectivity index (χ3v) is 3.44. The molecular formula is C16H16ClFN2O3. The average molecular weight is 339 g/mol. The number of halogens is 2. The van der Waals surface area contributed by atoms with E-state index >= 15 is 0 Å². The van der Waals surface area contributed by atoms with Gasteiger partial charge in [-0.05, 0) is 19.1 Å². The van der Waals surface area contributed by atoms with E-state index in [0.29, 0.717) is 11.1 Å². The Hall–Kier alpha value is -2.34. The van der Waals surface area contributed by atoms with Gasteiger partial charge in [-0.3, -0.25) is 0 Å². The van der Waals surface area contributed by atoms with Crippen LogP contribution in [-0.4, -0.2) is 29.5 Å². The normalized spacial score (nSPS) is 11.0. The molecule has 2 rings (SSSR count). The van der Waals surface area contributed by atoms with E-state index in [0.717, 1.165) is 0 Å². The number of benzene rings is 1. The molecule has 1 aromatic carbocycles. The van der Waals surface area contributed by atoms with Gasteiger partial charge in [-0.25, -0.2) is 13.9 Å². The highest BCUT2D eigenvalue weighted by Crippen LogP contribution is 2.24. The number of esters is 1. The highest BCUT2D eigenvalue weighted by Gasteiger charge is 2.22. The number of hydrogen-bond acceptors (Lipinski definition) is 4. The molecule has 0 spiro atoms. The Morgan fingerprint density at radius 1 is 1.43 bits per heavy atom. The van der Waals surface area contributed by atoms with E-state index in [1.54, 1.807) is 25.1 Å². The van der Waals surface area contributed by atoms with Crippen LogP contribution in [0.25, 0.3) is 6.08 Å². The van der Waals surface area contributed by atoms with Gasteiger partial charge in [0.2, 0.25) is 0 Å². The number of carbonyl (C=O) groups excluding carboxylic acids is 1. The summed E-state index contributed by atoms with van der Waals surface area (Å²) in [4.78, 5) is 12.0. The molecule has 0 fully saturated rings. The van der Waals surface area contributed by atoms with E-state index in [-0.39, 0.29) is 29.8 Å². The Balaban J connectivity index is 2.42. The minimum atomic E-state index is -0.600. The molecule has 7 heteroatoms. The van der Waals surface area contributed by atoms with Crippen molar-refractivity contribution in [2.45, 2.75) is 13.5 Å². The summed E-state index contributed by atoms with van der Waals surface area (Å²) in [5.41, 5.74) is 0.833. The van der Waals surface area contributed by atoms with Gasteiger partial charge < -0.3 is 9.47 Å². The lowest BCUT2D eigenvalue weighted by atomic mass is 10.2. The van der Waals surface area contributed by atoms with Gasteiger partial charge in [0.05, 0.1) is 26.5 Å². The first-order valence-electron chi connectivity index (χ1n) is 6.94. The lowest BCUT2D eigenvalue weighted by Gasteiger charge is -2.04. The van der Waals surface area contributed by atoms with Crippen LogP contribution in [0.5, 0.6) is 0 Å². The van der Waals surface area contributed by atoms with E-state index in [1.807, 2.05) is 0 Å². The van der Waals surface area contributed by atoms with Crippen molar-refractivity contribution >= 4 is 23.6 Å². The molecule has 0 N–H and O–H groups in total. The first kappa shape index (κ1) is 17.0. The zero-order valence-electron chi connectivity index (χ0n) is 12.8. The highest BCUT2D eigenvalue weighted by molar-refractivity contribution is 6.31. The van der Waals surface area contributed by atoms with Crippen molar-refractivity contribution in [3.05, 3.63) is 58.3 Å². The Bertz CT molecular complexity index is 728. The largest absolute Gasteiger partial charge is 0.504 e. The molecular weight excluding hydrogens is 323 g/mol. The maximum Gasteiger partial charge on any atom is 0.359 e. The van der Waals surface area contributed by atoms with Crippen LogP contribution in [0.4, 0.5) is 4.39 Å². The van der Waals surface area contributed by atoms with Crippen molar-refractivity contribution in [2.75, 3.05) is 13.7 Å². The van der Waals surface area contributed by atoms with E-state index in [4.69, 9.17) is 21.1 Å². The minimum absolute atomic E-state index is 0.0569. The van der Waals surface area contributed by atoms with Gasteiger partial charge in [-0.2, -0.15) is 5.10 Å². The lowest BCUT2D eigenvalue weighted by molar-refractivity contribution is 0.0518. The Kier molecular flexibility index (Phi) is 5.76. The molecule has 1 aromatic heterocycles. The van der Waals surface area contributed by atoms with Gasteiger partial charge in [0, 0.05) is 11.1 Å². The maximum atomic E-state index is 13.8. The molecule has 0 aliphatic rings. The van der Waals surface area contributed by atoms with Gasteiger partial charge in [0.25, 0.3) is 0 Å². The van der Waals surface area contributed by atoms with Crippen molar-refractivity contribution < 1.29 is 18.7 Å². The number of nitrogens with zero attached hydrogens (tertiary/aromatic N) is 2. The van der Waals surface area contributed by atoms with Gasteiger partial charge in [0.1, 0.15) is 11.0 Å². The topological polar surface area (TPSA) is 53.3 Å². The fourth-order valence-corrected chi connectivity index (χ4v) is 2.23. The minimum Gasteiger partial charge on any atom is -0.504 e. The third kappa shape index (κ3) is 3.90. The smallest absolute Gasteiger partial charge is 0.359 e. The first-order chi connectivity index (χ1) is 11.1. The molecule has 0 saturated carbocycles. The number of methoxy groups -OCH3 is 1. The zero-order valence-corrected chi connectivity index (χ0v) is 13.5. The highest BCUT2D eigenvalue weighted by atomic mass is 35.5. The zero-order chi connectivity index (χ0) is 16.8. The molecule has 2 aromatic rings. The third-order valence-electron chi connectivity index (χ3n) is 3.04. The molecule has 0 aliphatic carbocycles. The molecule has 0 saturated heterocycles.